The second kappa shape index (κ2) is 6.44. The van der Waals surface area contributed by atoms with Crippen LogP contribution in [0.15, 0.2) is 30.5 Å². The van der Waals surface area contributed by atoms with E-state index in [9.17, 15) is 0 Å². The quantitative estimate of drug-likeness (QED) is 0.934. The van der Waals surface area contributed by atoms with Crippen LogP contribution in [0.3, 0.4) is 0 Å². The number of methoxy groups -OCH3 is 1. The molecule has 2 unspecified atom stereocenters. The van der Waals surface area contributed by atoms with Crippen molar-refractivity contribution in [2.45, 2.75) is 26.2 Å². The molecule has 1 N–H and O–H groups in total. The summed E-state index contributed by atoms with van der Waals surface area (Å²) in [5, 5.41) is 4.72. The normalized spacial score (nSPS) is 22.4. The minimum absolute atomic E-state index is 0.779. The number of fused-ring (bicyclic) bond motifs is 1. The van der Waals surface area contributed by atoms with Crippen molar-refractivity contribution in [3.63, 3.8) is 0 Å². The molecule has 1 aromatic carbocycles. The largest absolute Gasteiger partial charge is 0.497 e. The van der Waals surface area contributed by atoms with Gasteiger partial charge in [0.05, 0.1) is 12.6 Å². The zero-order valence-corrected chi connectivity index (χ0v) is 12.9. The van der Waals surface area contributed by atoms with Crippen molar-refractivity contribution in [3.05, 3.63) is 36.0 Å². The Kier molecular flexibility index (Phi) is 4.39. The van der Waals surface area contributed by atoms with E-state index >= 15 is 0 Å². The number of aryl methyl sites for hydroxylation is 1. The number of pyridine rings is 1. The monoisotopic (exact) mass is 284 g/mol. The fourth-order valence-electron chi connectivity index (χ4n) is 3.37. The van der Waals surface area contributed by atoms with Gasteiger partial charge in [0.25, 0.3) is 0 Å². The fraction of sp³-hybridized carbons (Fsp3) is 0.500. The molecule has 1 aromatic heterocycles. The Morgan fingerprint density at radius 1 is 1.33 bits per heavy atom. The van der Waals surface area contributed by atoms with E-state index in [1.807, 2.05) is 18.3 Å². The molecule has 3 heteroatoms. The molecule has 0 saturated carbocycles. The van der Waals surface area contributed by atoms with Gasteiger partial charge < -0.3 is 10.1 Å². The highest BCUT2D eigenvalue weighted by atomic mass is 16.5. The molecule has 0 amide bonds. The first-order valence-corrected chi connectivity index (χ1v) is 7.90. The first-order valence-electron chi connectivity index (χ1n) is 7.90. The van der Waals surface area contributed by atoms with E-state index in [4.69, 9.17) is 4.74 Å². The van der Waals surface area contributed by atoms with E-state index in [0.29, 0.717) is 0 Å². The molecule has 0 radical (unpaired) electrons. The molecule has 2 heterocycles. The van der Waals surface area contributed by atoms with Crippen molar-refractivity contribution >= 4 is 10.9 Å². The third kappa shape index (κ3) is 3.18. The molecule has 3 rings (SSSR count). The maximum atomic E-state index is 5.35. The molecule has 1 aliphatic rings. The van der Waals surface area contributed by atoms with Crippen LogP contribution in [-0.4, -0.2) is 25.2 Å². The number of nitrogens with one attached hydrogen (secondary N) is 1. The molecule has 2 aromatic rings. The minimum Gasteiger partial charge on any atom is -0.497 e. The molecule has 0 bridgehead atoms. The zero-order valence-electron chi connectivity index (χ0n) is 12.9. The highest BCUT2D eigenvalue weighted by Crippen LogP contribution is 2.27. The lowest BCUT2D eigenvalue weighted by atomic mass is 9.83. The van der Waals surface area contributed by atoms with Crippen LogP contribution in [0.4, 0.5) is 0 Å². The van der Waals surface area contributed by atoms with E-state index in [-0.39, 0.29) is 0 Å². The number of ether oxygens (including phenoxy) is 1. The Balaban J connectivity index is 1.79. The third-order valence-electron chi connectivity index (χ3n) is 4.79. The summed E-state index contributed by atoms with van der Waals surface area (Å²) in [6.45, 7) is 4.69. The first kappa shape index (κ1) is 14.3. The van der Waals surface area contributed by atoms with E-state index in [0.717, 1.165) is 36.1 Å². The summed E-state index contributed by atoms with van der Waals surface area (Å²) in [5.74, 6) is 2.52. The Bertz CT molecular complexity index is 611. The van der Waals surface area contributed by atoms with E-state index in [1.165, 1.54) is 30.3 Å². The van der Waals surface area contributed by atoms with Crippen LogP contribution in [0.2, 0.25) is 0 Å². The van der Waals surface area contributed by atoms with Gasteiger partial charge in [-0.1, -0.05) is 6.92 Å². The molecule has 0 spiro atoms. The second-order valence-corrected chi connectivity index (χ2v) is 6.12. The topological polar surface area (TPSA) is 34.1 Å². The molecule has 1 fully saturated rings. The first-order chi connectivity index (χ1) is 10.3. The zero-order chi connectivity index (χ0) is 14.7. The van der Waals surface area contributed by atoms with Gasteiger partial charge >= 0.3 is 0 Å². The average molecular weight is 284 g/mol. The number of hydrogen-bond donors (Lipinski definition) is 1. The molecular weight excluding hydrogens is 260 g/mol. The Labute approximate surface area is 126 Å². The maximum Gasteiger partial charge on any atom is 0.119 e. The van der Waals surface area contributed by atoms with Gasteiger partial charge in [-0.25, -0.2) is 0 Å². The number of aromatic nitrogens is 1. The summed E-state index contributed by atoms with van der Waals surface area (Å²) in [5.41, 5.74) is 2.45. The Morgan fingerprint density at radius 2 is 2.24 bits per heavy atom. The van der Waals surface area contributed by atoms with Crippen molar-refractivity contribution < 1.29 is 4.74 Å². The summed E-state index contributed by atoms with van der Waals surface area (Å²) in [7, 11) is 1.72. The predicted molar refractivity (Wildman–Crippen MR) is 86.8 cm³/mol. The smallest absolute Gasteiger partial charge is 0.119 e. The van der Waals surface area contributed by atoms with E-state index in [1.54, 1.807) is 7.11 Å². The Morgan fingerprint density at radius 3 is 3.05 bits per heavy atom. The van der Waals surface area contributed by atoms with Crippen LogP contribution in [-0.2, 0) is 6.42 Å². The Hall–Kier alpha value is -1.61. The van der Waals surface area contributed by atoms with Crippen LogP contribution < -0.4 is 10.1 Å². The fourth-order valence-corrected chi connectivity index (χ4v) is 3.37. The maximum absolute atomic E-state index is 5.35. The molecular formula is C18H24N2O. The standard InChI is InChI=1S/C18H24N2O/c1-13-12-19-9-7-14(13)3-4-15-8-10-20-18-6-5-16(21-2)11-17(15)18/h5-6,8,10-11,13-14,19H,3-4,7,9,12H2,1-2H3. The molecule has 0 aliphatic carbocycles. The molecule has 2 atom stereocenters. The van der Waals surface area contributed by atoms with Gasteiger partial charge in [-0.3, -0.25) is 4.98 Å². The van der Waals surface area contributed by atoms with Gasteiger partial charge in [0.15, 0.2) is 0 Å². The van der Waals surface area contributed by atoms with E-state index < -0.39 is 0 Å². The molecule has 112 valence electrons. The van der Waals surface area contributed by atoms with Gasteiger partial charge in [0.2, 0.25) is 0 Å². The van der Waals surface area contributed by atoms with Gasteiger partial charge in [-0.15, -0.1) is 0 Å². The molecule has 3 nitrogen and oxygen atoms in total. The van der Waals surface area contributed by atoms with Crippen molar-refractivity contribution in [3.8, 4) is 5.75 Å². The highest BCUT2D eigenvalue weighted by Gasteiger charge is 2.20. The van der Waals surface area contributed by atoms with Crippen LogP contribution in [0.25, 0.3) is 10.9 Å². The van der Waals surface area contributed by atoms with Crippen molar-refractivity contribution in [2.75, 3.05) is 20.2 Å². The second-order valence-electron chi connectivity index (χ2n) is 6.12. The summed E-state index contributed by atoms with van der Waals surface area (Å²) >= 11 is 0. The van der Waals surface area contributed by atoms with Crippen LogP contribution >= 0.6 is 0 Å². The lowest BCUT2D eigenvalue weighted by Crippen LogP contribution is -2.35. The lowest BCUT2D eigenvalue weighted by Gasteiger charge is -2.29. The molecule has 1 aliphatic heterocycles. The van der Waals surface area contributed by atoms with Gasteiger partial charge in [0, 0.05) is 11.6 Å². The number of benzene rings is 1. The van der Waals surface area contributed by atoms with E-state index in [2.05, 4.69) is 29.4 Å². The van der Waals surface area contributed by atoms with Crippen LogP contribution in [0, 0.1) is 11.8 Å². The van der Waals surface area contributed by atoms with Crippen molar-refractivity contribution in [1.82, 2.24) is 10.3 Å². The average Bonchev–Trinajstić information content (AvgIpc) is 2.53. The van der Waals surface area contributed by atoms with Crippen molar-refractivity contribution in [2.24, 2.45) is 11.8 Å². The van der Waals surface area contributed by atoms with Gasteiger partial charge in [-0.05, 0) is 74.0 Å². The summed E-state index contributed by atoms with van der Waals surface area (Å²) in [6.07, 6.45) is 5.61. The third-order valence-corrected chi connectivity index (χ3v) is 4.79. The van der Waals surface area contributed by atoms with Gasteiger partial charge in [-0.2, -0.15) is 0 Å². The highest BCUT2D eigenvalue weighted by molar-refractivity contribution is 5.83. The SMILES string of the molecule is COc1ccc2nccc(CCC3CCNCC3C)c2c1. The van der Waals surface area contributed by atoms with Crippen LogP contribution in [0.5, 0.6) is 5.75 Å². The summed E-state index contributed by atoms with van der Waals surface area (Å²) in [4.78, 5) is 4.46. The number of nitrogens with zero attached hydrogens (tertiary/aromatic N) is 1. The lowest BCUT2D eigenvalue weighted by molar-refractivity contribution is 0.259. The van der Waals surface area contributed by atoms with Crippen molar-refractivity contribution in [1.29, 1.82) is 0 Å². The number of hydrogen-bond acceptors (Lipinski definition) is 3. The molecule has 21 heavy (non-hydrogen) atoms. The minimum atomic E-state index is 0.779. The predicted octanol–water partition coefficient (Wildman–Crippen LogP) is 3.42. The number of rotatable bonds is 4. The van der Waals surface area contributed by atoms with Gasteiger partial charge in [0.1, 0.15) is 5.75 Å². The number of piperidine rings is 1. The molecule has 1 saturated heterocycles. The summed E-state index contributed by atoms with van der Waals surface area (Å²) < 4.78 is 5.35. The van der Waals surface area contributed by atoms with Crippen LogP contribution in [0.1, 0.15) is 25.3 Å². The summed E-state index contributed by atoms with van der Waals surface area (Å²) in [6, 6.07) is 8.30.